The van der Waals surface area contributed by atoms with Crippen molar-refractivity contribution in [3.63, 3.8) is 0 Å². The number of sulfonamides is 1. The molecule has 0 radical (unpaired) electrons. The number of anilines is 1. The van der Waals surface area contributed by atoms with E-state index in [0.29, 0.717) is 24.2 Å². The number of rotatable bonds is 5. The van der Waals surface area contributed by atoms with E-state index >= 15 is 0 Å². The van der Waals surface area contributed by atoms with Crippen molar-refractivity contribution in [2.45, 2.75) is 31.1 Å². The maximum atomic E-state index is 13.4. The second-order valence-electron chi connectivity index (χ2n) is 7.58. The maximum absolute atomic E-state index is 13.4. The lowest BCUT2D eigenvalue weighted by Crippen LogP contribution is -2.30. The minimum atomic E-state index is -3.71. The van der Waals surface area contributed by atoms with Crippen LogP contribution in [0.4, 0.5) is 5.69 Å². The van der Waals surface area contributed by atoms with Gasteiger partial charge in [-0.1, -0.05) is 54.1 Å². The van der Waals surface area contributed by atoms with E-state index < -0.39 is 10.0 Å². The molecule has 29 heavy (non-hydrogen) atoms. The van der Waals surface area contributed by atoms with Crippen LogP contribution in [-0.4, -0.2) is 21.2 Å². The van der Waals surface area contributed by atoms with Crippen molar-refractivity contribution in [2.75, 3.05) is 10.8 Å². The summed E-state index contributed by atoms with van der Waals surface area (Å²) in [7, 11) is -3.71. The molecule has 5 heteroatoms. The summed E-state index contributed by atoms with van der Waals surface area (Å²) < 4.78 is 28.3. The van der Waals surface area contributed by atoms with Gasteiger partial charge in [-0.15, -0.1) is 0 Å². The molecule has 4 rings (SSSR count). The zero-order valence-corrected chi connectivity index (χ0v) is 17.3. The van der Waals surface area contributed by atoms with E-state index in [4.69, 9.17) is 0 Å². The molecule has 0 fully saturated rings. The van der Waals surface area contributed by atoms with Crippen LogP contribution in [0.3, 0.4) is 0 Å². The van der Waals surface area contributed by atoms with Gasteiger partial charge in [0.05, 0.1) is 10.6 Å². The topological polar surface area (TPSA) is 54.5 Å². The maximum Gasteiger partial charge on any atom is 0.264 e. The van der Waals surface area contributed by atoms with Crippen LogP contribution in [0.15, 0.2) is 71.6 Å². The minimum absolute atomic E-state index is 0.0762. The summed E-state index contributed by atoms with van der Waals surface area (Å²) in [6.45, 7) is 4.14. The summed E-state index contributed by atoms with van der Waals surface area (Å²) in [4.78, 5) is 12.1. The molecular formula is C24H23NO3S. The first-order valence-corrected chi connectivity index (χ1v) is 11.1. The van der Waals surface area contributed by atoms with Gasteiger partial charge in [0.1, 0.15) is 0 Å². The number of carbonyl (C=O) groups excluding carboxylic acids is 1. The fraction of sp³-hybridized carbons (Fsp3) is 0.208. The lowest BCUT2D eigenvalue weighted by atomic mass is 9.89. The SMILES string of the molecule is Cc1ccc(S(=O)(=O)N2C[C@H](Cc3ccccc3)c3c2ccc(C)c3C=O)cc1. The molecule has 0 N–H and O–H groups in total. The molecule has 4 nitrogen and oxygen atoms in total. The number of hydrogen-bond donors (Lipinski definition) is 0. The highest BCUT2D eigenvalue weighted by Crippen LogP contribution is 2.43. The average Bonchev–Trinajstić information content (AvgIpc) is 3.08. The van der Waals surface area contributed by atoms with Gasteiger partial charge in [0.15, 0.2) is 6.29 Å². The molecule has 0 unspecified atom stereocenters. The first-order chi connectivity index (χ1) is 13.9. The van der Waals surface area contributed by atoms with E-state index in [0.717, 1.165) is 28.5 Å². The Morgan fingerprint density at radius 1 is 0.966 bits per heavy atom. The van der Waals surface area contributed by atoms with Crippen LogP contribution in [0, 0.1) is 13.8 Å². The third kappa shape index (κ3) is 3.47. The zero-order chi connectivity index (χ0) is 20.6. The molecule has 0 saturated heterocycles. The second kappa shape index (κ2) is 7.48. The molecule has 1 heterocycles. The van der Waals surface area contributed by atoms with E-state index in [9.17, 15) is 13.2 Å². The van der Waals surface area contributed by atoms with Gasteiger partial charge in [0.2, 0.25) is 0 Å². The molecule has 1 aliphatic rings. The Morgan fingerprint density at radius 2 is 1.66 bits per heavy atom. The van der Waals surface area contributed by atoms with Gasteiger partial charge in [-0.05, 0) is 55.2 Å². The second-order valence-corrected chi connectivity index (χ2v) is 9.44. The summed E-state index contributed by atoms with van der Waals surface area (Å²) in [6, 6.07) is 20.5. The Bertz CT molecular complexity index is 1150. The van der Waals surface area contributed by atoms with E-state index in [1.165, 1.54) is 4.31 Å². The quantitative estimate of drug-likeness (QED) is 0.581. The predicted molar refractivity (Wildman–Crippen MR) is 115 cm³/mol. The molecule has 0 aliphatic carbocycles. The van der Waals surface area contributed by atoms with Crippen molar-refractivity contribution in [1.29, 1.82) is 0 Å². The number of benzene rings is 3. The van der Waals surface area contributed by atoms with Gasteiger partial charge in [0, 0.05) is 18.0 Å². The molecule has 148 valence electrons. The minimum Gasteiger partial charge on any atom is -0.298 e. The number of hydrogen-bond acceptors (Lipinski definition) is 3. The predicted octanol–water partition coefficient (Wildman–Crippen LogP) is 4.65. The summed E-state index contributed by atoms with van der Waals surface area (Å²) in [6.07, 6.45) is 1.53. The molecule has 0 amide bonds. The van der Waals surface area contributed by atoms with Gasteiger partial charge in [-0.2, -0.15) is 0 Å². The molecule has 0 aromatic heterocycles. The smallest absolute Gasteiger partial charge is 0.264 e. The molecule has 3 aromatic carbocycles. The van der Waals surface area contributed by atoms with E-state index in [2.05, 4.69) is 0 Å². The van der Waals surface area contributed by atoms with Gasteiger partial charge in [-0.25, -0.2) is 8.42 Å². The van der Waals surface area contributed by atoms with Gasteiger partial charge >= 0.3 is 0 Å². The number of aldehydes is 1. The normalized spacial score (nSPS) is 15.9. The number of carbonyl (C=O) groups is 1. The van der Waals surface area contributed by atoms with Crippen molar-refractivity contribution < 1.29 is 13.2 Å². The molecule has 1 atom stereocenters. The number of aryl methyl sites for hydroxylation is 2. The fourth-order valence-corrected chi connectivity index (χ4v) is 5.59. The Morgan fingerprint density at radius 3 is 2.31 bits per heavy atom. The fourth-order valence-electron chi connectivity index (χ4n) is 4.06. The molecular weight excluding hydrogens is 382 g/mol. The molecule has 0 spiro atoms. The number of nitrogens with zero attached hydrogens (tertiary/aromatic N) is 1. The lowest BCUT2D eigenvalue weighted by molar-refractivity contribution is 0.112. The molecule has 0 saturated carbocycles. The van der Waals surface area contributed by atoms with Crippen LogP contribution >= 0.6 is 0 Å². The molecule has 1 aliphatic heterocycles. The monoisotopic (exact) mass is 405 g/mol. The first kappa shape index (κ1) is 19.4. The van der Waals surface area contributed by atoms with Crippen LogP contribution in [-0.2, 0) is 16.4 Å². The van der Waals surface area contributed by atoms with Crippen molar-refractivity contribution in [3.8, 4) is 0 Å². The highest BCUT2D eigenvalue weighted by atomic mass is 32.2. The van der Waals surface area contributed by atoms with Crippen LogP contribution in [0.5, 0.6) is 0 Å². The Labute approximate surface area is 171 Å². The summed E-state index contributed by atoms with van der Waals surface area (Å²) in [5.74, 6) is -0.0762. The lowest BCUT2D eigenvalue weighted by Gasteiger charge is -2.20. The average molecular weight is 406 g/mol. The first-order valence-electron chi connectivity index (χ1n) is 9.64. The Balaban J connectivity index is 1.82. The molecule has 3 aromatic rings. The van der Waals surface area contributed by atoms with E-state index in [-0.39, 0.29) is 10.8 Å². The highest BCUT2D eigenvalue weighted by Gasteiger charge is 2.38. The Hall–Kier alpha value is -2.92. The van der Waals surface area contributed by atoms with E-state index in [1.54, 1.807) is 24.3 Å². The van der Waals surface area contributed by atoms with Crippen LogP contribution in [0.2, 0.25) is 0 Å². The Kier molecular flexibility index (Phi) is 5.01. The third-order valence-corrected chi connectivity index (χ3v) is 7.39. The van der Waals surface area contributed by atoms with Gasteiger partial charge in [0.25, 0.3) is 10.0 Å². The molecule has 0 bridgehead atoms. The van der Waals surface area contributed by atoms with Gasteiger partial charge < -0.3 is 0 Å². The highest BCUT2D eigenvalue weighted by molar-refractivity contribution is 7.92. The van der Waals surface area contributed by atoms with Crippen molar-refractivity contribution in [2.24, 2.45) is 0 Å². The van der Waals surface area contributed by atoms with Crippen molar-refractivity contribution >= 4 is 22.0 Å². The summed E-state index contributed by atoms with van der Waals surface area (Å²) >= 11 is 0. The zero-order valence-electron chi connectivity index (χ0n) is 16.5. The van der Waals surface area contributed by atoms with Crippen molar-refractivity contribution in [1.82, 2.24) is 0 Å². The summed E-state index contributed by atoms with van der Waals surface area (Å²) in [5.41, 5.74) is 5.04. The van der Waals surface area contributed by atoms with Crippen LogP contribution < -0.4 is 4.31 Å². The summed E-state index contributed by atoms with van der Waals surface area (Å²) in [5, 5.41) is 0. The standard InChI is InChI=1S/C24H23NO3S/c1-17-8-11-21(12-9-17)29(27,28)25-15-20(14-19-6-4-3-5-7-19)24-22(16-26)18(2)10-13-23(24)25/h3-13,16,20H,14-15H2,1-2H3/t20-/m0/s1. The number of fused-ring (bicyclic) bond motifs is 1. The van der Waals surface area contributed by atoms with Crippen LogP contribution in [0.1, 0.15) is 38.5 Å². The van der Waals surface area contributed by atoms with Crippen LogP contribution in [0.25, 0.3) is 0 Å². The largest absolute Gasteiger partial charge is 0.298 e. The van der Waals surface area contributed by atoms with E-state index in [1.807, 2.05) is 56.3 Å². The van der Waals surface area contributed by atoms with Crippen molar-refractivity contribution in [3.05, 3.63) is 94.5 Å². The third-order valence-electron chi connectivity index (χ3n) is 5.60. The van der Waals surface area contributed by atoms with Gasteiger partial charge in [-0.3, -0.25) is 9.10 Å².